The molecule has 0 bridgehead atoms. The maximum absolute atomic E-state index is 15.0. The Hall–Kier alpha value is -4.77. The van der Waals surface area contributed by atoms with Crippen LogP contribution in [0.3, 0.4) is 0 Å². The lowest BCUT2D eigenvalue weighted by Gasteiger charge is -2.49. The summed E-state index contributed by atoms with van der Waals surface area (Å²) in [5, 5.41) is 17.1. The van der Waals surface area contributed by atoms with Crippen molar-refractivity contribution >= 4 is 79.8 Å². The molecule has 3 aromatic carbocycles. The van der Waals surface area contributed by atoms with E-state index >= 15 is 4.79 Å². The molecule has 1 saturated carbocycles. The number of phenols is 1. The highest BCUT2D eigenvalue weighted by Gasteiger charge is 2.68. The summed E-state index contributed by atoms with van der Waals surface area (Å²) in [7, 11) is 1.72. The molecule has 2 saturated heterocycles. The predicted octanol–water partition coefficient (Wildman–Crippen LogP) is 8.37. The van der Waals surface area contributed by atoms with Gasteiger partial charge >= 0.3 is 0 Å². The lowest BCUT2D eigenvalue weighted by Crippen LogP contribution is -2.48. The molecule has 12 heteroatoms. The third kappa shape index (κ3) is 4.78. The van der Waals surface area contributed by atoms with Crippen LogP contribution in [0.15, 0.2) is 78.4 Å². The Morgan fingerprint density at radius 1 is 0.887 bits per heavy atom. The second-order valence-electron chi connectivity index (χ2n) is 14.9. The van der Waals surface area contributed by atoms with Crippen LogP contribution in [-0.4, -0.2) is 38.5 Å². The summed E-state index contributed by atoms with van der Waals surface area (Å²) in [6.07, 6.45) is 2.56. The molecule has 9 nitrogen and oxygen atoms in total. The maximum Gasteiger partial charge on any atom is 0.242 e. The first-order valence-electron chi connectivity index (χ1n) is 17.5. The number of benzene rings is 3. The van der Waals surface area contributed by atoms with E-state index in [2.05, 4.69) is 0 Å². The van der Waals surface area contributed by atoms with E-state index in [0.29, 0.717) is 33.7 Å². The van der Waals surface area contributed by atoms with Gasteiger partial charge in [-0.2, -0.15) is 5.10 Å². The largest absolute Gasteiger partial charge is 0.508 e. The van der Waals surface area contributed by atoms with Crippen molar-refractivity contribution in [3.8, 4) is 16.3 Å². The van der Waals surface area contributed by atoms with Crippen molar-refractivity contribution in [2.24, 2.45) is 36.1 Å². The molecule has 2 aromatic heterocycles. The molecule has 0 spiro atoms. The lowest BCUT2D eigenvalue weighted by molar-refractivity contribution is -0.131. The molecule has 5 aromatic rings. The number of carbonyl (C=O) groups excluding carboxylic acids is 4. The van der Waals surface area contributed by atoms with Crippen LogP contribution < -0.4 is 9.80 Å². The summed E-state index contributed by atoms with van der Waals surface area (Å²) in [6, 6.07) is 19.4. The highest BCUT2D eigenvalue weighted by molar-refractivity contribution is 7.22. The first-order valence-corrected chi connectivity index (χ1v) is 19.1. The number of hydrogen-bond acceptors (Lipinski definition) is 7. The summed E-state index contributed by atoms with van der Waals surface area (Å²) in [6.45, 7) is 5.71. The number of phenolic OH excluding ortho intramolecular Hbond substituents is 1. The number of nitrogens with zero attached hydrogens (tertiary/aromatic N) is 4. The number of halogens is 2. The highest BCUT2D eigenvalue weighted by Crippen LogP contribution is 2.64. The average molecular weight is 766 g/mol. The highest BCUT2D eigenvalue weighted by atomic mass is 35.5. The fourth-order valence-corrected chi connectivity index (χ4v) is 11.0. The third-order valence-electron chi connectivity index (χ3n) is 12.1. The number of carbonyl (C=O) groups is 4. The third-order valence-corrected chi connectivity index (χ3v) is 14.1. The molecule has 53 heavy (non-hydrogen) atoms. The van der Waals surface area contributed by atoms with Crippen molar-refractivity contribution < 1.29 is 24.3 Å². The van der Waals surface area contributed by atoms with Gasteiger partial charge in [-0.05, 0) is 104 Å². The molecular formula is C41H34Cl2N4O5S. The minimum atomic E-state index is -1.23. The fourth-order valence-electron chi connectivity index (χ4n) is 9.47. The molecule has 4 amide bonds. The number of hydrogen-bond donors (Lipinski definition) is 1. The van der Waals surface area contributed by atoms with Crippen molar-refractivity contribution in [2.45, 2.75) is 39.5 Å². The number of aromatic hydroxyl groups is 1. The molecular weight excluding hydrogens is 731 g/mol. The number of aromatic nitrogens is 2. The topological polar surface area (TPSA) is 113 Å². The molecule has 1 N–H and O–H groups in total. The van der Waals surface area contributed by atoms with Crippen molar-refractivity contribution in [1.82, 2.24) is 9.78 Å². The van der Waals surface area contributed by atoms with Gasteiger partial charge in [0.25, 0.3) is 0 Å². The molecule has 268 valence electrons. The van der Waals surface area contributed by atoms with Crippen molar-refractivity contribution in [3.63, 3.8) is 0 Å². The van der Waals surface area contributed by atoms with Gasteiger partial charge in [0.2, 0.25) is 23.6 Å². The maximum atomic E-state index is 15.0. The smallest absolute Gasteiger partial charge is 0.242 e. The average Bonchev–Trinajstić information content (AvgIpc) is 3.80. The van der Waals surface area contributed by atoms with E-state index < -0.39 is 35.0 Å². The Morgan fingerprint density at radius 3 is 2.38 bits per heavy atom. The molecule has 2 aliphatic heterocycles. The van der Waals surface area contributed by atoms with Gasteiger partial charge in [0, 0.05) is 33.8 Å². The number of amides is 4. The van der Waals surface area contributed by atoms with Gasteiger partial charge in [-0.25, -0.2) is 9.80 Å². The van der Waals surface area contributed by atoms with E-state index in [1.807, 2.05) is 45.0 Å². The Morgan fingerprint density at radius 2 is 1.64 bits per heavy atom. The van der Waals surface area contributed by atoms with Crippen LogP contribution in [0.4, 0.5) is 11.5 Å². The van der Waals surface area contributed by atoms with Crippen LogP contribution in [0, 0.1) is 42.9 Å². The number of fused-ring (bicyclic) bond motifs is 5. The second kappa shape index (κ2) is 11.9. The Bertz CT molecular complexity index is 2490. The van der Waals surface area contributed by atoms with Crippen LogP contribution in [0.1, 0.15) is 42.4 Å². The van der Waals surface area contributed by atoms with E-state index in [4.69, 9.17) is 28.3 Å². The minimum Gasteiger partial charge on any atom is -0.508 e. The van der Waals surface area contributed by atoms with E-state index in [1.165, 1.54) is 9.80 Å². The molecule has 0 radical (unpaired) electrons. The van der Waals surface area contributed by atoms with Gasteiger partial charge in [0.05, 0.1) is 33.7 Å². The zero-order valence-corrected chi connectivity index (χ0v) is 31.6. The lowest BCUT2D eigenvalue weighted by atomic mass is 9.51. The molecule has 2 aliphatic carbocycles. The summed E-state index contributed by atoms with van der Waals surface area (Å²) in [5.41, 5.74) is 3.28. The predicted molar refractivity (Wildman–Crippen MR) is 205 cm³/mol. The van der Waals surface area contributed by atoms with Gasteiger partial charge in [-0.15, -0.1) is 11.3 Å². The van der Waals surface area contributed by atoms with Crippen LogP contribution >= 0.6 is 34.5 Å². The number of imide groups is 2. The van der Waals surface area contributed by atoms with E-state index in [-0.39, 0.29) is 35.8 Å². The number of rotatable bonds is 4. The zero-order chi connectivity index (χ0) is 37.2. The number of thiophene rings is 1. The normalized spacial score (nSPS) is 26.7. The van der Waals surface area contributed by atoms with Gasteiger partial charge < -0.3 is 5.11 Å². The van der Waals surface area contributed by atoms with Crippen molar-refractivity contribution in [1.29, 1.82) is 0 Å². The quantitative estimate of drug-likeness (QED) is 0.145. The molecule has 0 unspecified atom stereocenters. The first-order chi connectivity index (χ1) is 25.3. The van der Waals surface area contributed by atoms with Crippen LogP contribution in [-0.2, 0) is 26.2 Å². The van der Waals surface area contributed by atoms with Crippen LogP contribution in [0.5, 0.6) is 5.75 Å². The van der Waals surface area contributed by atoms with Gasteiger partial charge in [-0.1, -0.05) is 53.1 Å². The van der Waals surface area contributed by atoms with Crippen LogP contribution in [0.25, 0.3) is 20.7 Å². The van der Waals surface area contributed by atoms with Gasteiger partial charge in [0.15, 0.2) is 0 Å². The monoisotopic (exact) mass is 764 g/mol. The SMILES string of the molecule is Cc1ccc(N2C(=O)[C@H]3[C@H](CC=C4[C@H]3C[C@H]3C(=O)N(c5cc(-c6sc7ccc(Cl)cc7c6C)nn5C)C(=O)[C@@]3(C)[C@H]4c3ccc(O)cc3)C2=O)cc1Cl. The summed E-state index contributed by atoms with van der Waals surface area (Å²) < 4.78 is 2.63. The van der Waals surface area contributed by atoms with Gasteiger partial charge in [-0.3, -0.25) is 23.9 Å². The summed E-state index contributed by atoms with van der Waals surface area (Å²) in [4.78, 5) is 61.6. The Labute approximate surface area is 319 Å². The second-order valence-corrected chi connectivity index (χ2v) is 16.8. The molecule has 6 atom stereocenters. The Kier molecular flexibility index (Phi) is 7.62. The van der Waals surface area contributed by atoms with Crippen LogP contribution in [0.2, 0.25) is 10.0 Å². The summed E-state index contributed by atoms with van der Waals surface area (Å²) in [5.74, 6) is -4.10. The number of anilines is 2. The minimum absolute atomic E-state index is 0.0705. The number of aryl methyl sites for hydroxylation is 3. The molecule has 4 heterocycles. The fraction of sp³-hybridized carbons (Fsp3) is 0.293. The first kappa shape index (κ1) is 34.0. The van der Waals surface area contributed by atoms with E-state index in [0.717, 1.165) is 37.2 Å². The van der Waals surface area contributed by atoms with Crippen molar-refractivity contribution in [3.05, 3.63) is 105 Å². The Balaban J connectivity index is 1.14. The van der Waals surface area contributed by atoms with Crippen molar-refractivity contribution in [2.75, 3.05) is 9.80 Å². The number of allylic oxidation sites excluding steroid dienone is 2. The van der Waals surface area contributed by atoms with E-state index in [9.17, 15) is 19.5 Å². The van der Waals surface area contributed by atoms with Gasteiger partial charge in [0.1, 0.15) is 17.3 Å². The standard InChI is InChI=1S/C41H34Cl2N4O5S/c1-19-5-9-23(16-30(19)43)46-37(49)26-13-12-25-28(34(26)39(46)51)17-29-38(50)47(40(52)41(29,3)35(25)21-6-10-24(48)11-7-21)33-18-31(44-45(33)4)36-20(2)27-15-22(42)8-14-32(27)53-36/h5-12,14-16,18,26,28-29,34-35,48H,13,17H2,1-4H3/t26-,28+,29-,34-,35-,41+/m0/s1. The summed E-state index contributed by atoms with van der Waals surface area (Å²) >= 11 is 14.3. The molecule has 9 rings (SSSR count). The van der Waals surface area contributed by atoms with E-state index in [1.54, 1.807) is 71.6 Å². The zero-order valence-electron chi connectivity index (χ0n) is 29.3. The molecule has 4 aliphatic rings. The molecule has 3 fully saturated rings.